The van der Waals surface area contributed by atoms with E-state index in [4.69, 9.17) is 5.11 Å². The second-order valence-electron chi connectivity index (χ2n) is 4.58. The zero-order valence-corrected chi connectivity index (χ0v) is 9.59. The predicted octanol–water partition coefficient (Wildman–Crippen LogP) is 2.00. The number of hydrogen-bond donors (Lipinski definition) is 2. The van der Waals surface area contributed by atoms with Crippen LogP contribution in [0.3, 0.4) is 0 Å². The Balaban J connectivity index is 2.19. The average Bonchev–Trinajstić information content (AvgIpc) is 2.27. The predicted molar refractivity (Wildman–Crippen MR) is 56.3 cm³/mol. The average molecular weight is 253 g/mol. The molecule has 0 saturated heterocycles. The number of nitrogens with one attached hydrogen (secondary N) is 1. The van der Waals surface area contributed by atoms with E-state index < -0.39 is 24.9 Å². The number of aliphatic hydroxyl groups excluding tert-OH is 1. The Bertz CT molecular complexity index is 248. The fourth-order valence-corrected chi connectivity index (χ4v) is 2.04. The Labute approximate surface area is 98.4 Å². The zero-order chi connectivity index (χ0) is 12.9. The van der Waals surface area contributed by atoms with Crippen LogP contribution in [0.5, 0.6) is 0 Å². The molecule has 0 atom stereocenters. The third kappa shape index (κ3) is 5.91. The number of amides is 1. The van der Waals surface area contributed by atoms with Crippen LogP contribution in [-0.2, 0) is 4.79 Å². The van der Waals surface area contributed by atoms with Crippen molar-refractivity contribution >= 4 is 5.91 Å². The molecule has 1 rings (SSSR count). The van der Waals surface area contributed by atoms with Crippen molar-refractivity contribution in [1.82, 2.24) is 5.32 Å². The van der Waals surface area contributed by atoms with E-state index in [0.29, 0.717) is 0 Å². The van der Waals surface area contributed by atoms with Gasteiger partial charge in [0, 0.05) is 19.1 Å². The van der Waals surface area contributed by atoms with Gasteiger partial charge in [-0.2, -0.15) is 13.2 Å². The molecule has 0 spiro atoms. The van der Waals surface area contributed by atoms with Crippen LogP contribution in [0.1, 0.15) is 38.5 Å². The van der Waals surface area contributed by atoms with Crippen LogP contribution in [0, 0.1) is 5.92 Å². The molecule has 0 aromatic rings. The molecule has 1 saturated carbocycles. The molecule has 1 fully saturated rings. The van der Waals surface area contributed by atoms with Crippen LogP contribution >= 0.6 is 0 Å². The molecule has 0 bridgehead atoms. The van der Waals surface area contributed by atoms with Crippen LogP contribution < -0.4 is 5.32 Å². The van der Waals surface area contributed by atoms with E-state index in [-0.39, 0.29) is 18.6 Å². The maximum absolute atomic E-state index is 11.9. The number of carbonyl (C=O) groups excluding carboxylic acids is 1. The molecular weight excluding hydrogens is 235 g/mol. The van der Waals surface area contributed by atoms with Gasteiger partial charge in [0.05, 0.1) is 6.42 Å². The zero-order valence-electron chi connectivity index (χ0n) is 9.59. The lowest BCUT2D eigenvalue weighted by atomic mass is 9.86. The highest BCUT2D eigenvalue weighted by Gasteiger charge is 2.29. The van der Waals surface area contributed by atoms with Crippen molar-refractivity contribution < 1.29 is 23.1 Å². The van der Waals surface area contributed by atoms with Crippen molar-refractivity contribution in [3.05, 3.63) is 0 Å². The summed E-state index contributed by atoms with van der Waals surface area (Å²) in [5.41, 5.74) is 0. The Morgan fingerprint density at radius 3 is 2.29 bits per heavy atom. The van der Waals surface area contributed by atoms with Crippen molar-refractivity contribution in [3.63, 3.8) is 0 Å². The number of aliphatic hydroxyl groups is 1. The smallest absolute Gasteiger partial charge is 0.389 e. The molecule has 0 aromatic heterocycles. The molecule has 2 N–H and O–H groups in total. The van der Waals surface area contributed by atoms with Gasteiger partial charge in [0.15, 0.2) is 0 Å². The summed E-state index contributed by atoms with van der Waals surface area (Å²) in [5.74, 6) is -0.256. The van der Waals surface area contributed by atoms with Gasteiger partial charge >= 0.3 is 6.18 Å². The van der Waals surface area contributed by atoms with Crippen LogP contribution in [0.15, 0.2) is 0 Å². The summed E-state index contributed by atoms with van der Waals surface area (Å²) >= 11 is 0. The largest absolute Gasteiger partial charge is 0.396 e. The van der Waals surface area contributed by atoms with Crippen LogP contribution in [0.4, 0.5) is 13.2 Å². The maximum atomic E-state index is 11.9. The number of rotatable bonds is 4. The van der Waals surface area contributed by atoms with Crippen molar-refractivity contribution in [2.24, 2.45) is 5.92 Å². The van der Waals surface area contributed by atoms with Gasteiger partial charge in [-0.15, -0.1) is 0 Å². The fraction of sp³-hybridized carbons (Fsp3) is 0.909. The molecule has 1 amide bonds. The summed E-state index contributed by atoms with van der Waals surface area (Å²) in [7, 11) is 0. The first-order valence-corrected chi connectivity index (χ1v) is 5.87. The fourth-order valence-electron chi connectivity index (χ4n) is 2.04. The molecule has 0 radical (unpaired) electrons. The molecule has 17 heavy (non-hydrogen) atoms. The first-order valence-electron chi connectivity index (χ1n) is 5.87. The lowest BCUT2D eigenvalue weighted by molar-refractivity contribution is -0.144. The summed E-state index contributed by atoms with van der Waals surface area (Å²) in [6, 6.07) is -0.0291. The molecular formula is C11H18F3NO2. The molecule has 100 valence electrons. The molecule has 0 unspecified atom stereocenters. The van der Waals surface area contributed by atoms with Gasteiger partial charge in [-0.25, -0.2) is 0 Å². The van der Waals surface area contributed by atoms with Gasteiger partial charge in [-0.05, 0) is 31.6 Å². The summed E-state index contributed by atoms with van der Waals surface area (Å²) in [6.07, 6.45) is -2.71. The summed E-state index contributed by atoms with van der Waals surface area (Å²) in [4.78, 5) is 11.2. The third-order valence-electron chi connectivity index (χ3n) is 3.11. The van der Waals surface area contributed by atoms with Crippen molar-refractivity contribution in [2.75, 3.05) is 6.61 Å². The number of carbonyl (C=O) groups is 1. The second-order valence-corrected chi connectivity index (χ2v) is 4.58. The van der Waals surface area contributed by atoms with Crippen LogP contribution in [0.2, 0.25) is 0 Å². The SMILES string of the molecule is O=C(CCC(F)(F)F)NC1CCC(CO)CC1. The van der Waals surface area contributed by atoms with Gasteiger partial charge in [0.1, 0.15) is 0 Å². The first kappa shape index (κ1) is 14.3. The second kappa shape index (κ2) is 6.23. The van der Waals surface area contributed by atoms with Gasteiger partial charge in [-0.1, -0.05) is 0 Å². The van der Waals surface area contributed by atoms with E-state index in [1.165, 1.54) is 0 Å². The number of hydrogen-bond acceptors (Lipinski definition) is 2. The Morgan fingerprint density at radius 2 is 1.82 bits per heavy atom. The molecule has 0 aliphatic heterocycles. The maximum Gasteiger partial charge on any atom is 0.389 e. The quantitative estimate of drug-likeness (QED) is 0.805. The minimum absolute atomic E-state index is 0.0291. The van der Waals surface area contributed by atoms with E-state index in [2.05, 4.69) is 5.32 Å². The van der Waals surface area contributed by atoms with E-state index in [1.54, 1.807) is 0 Å². The van der Waals surface area contributed by atoms with Gasteiger partial charge in [-0.3, -0.25) is 4.79 Å². The van der Waals surface area contributed by atoms with Crippen LogP contribution in [0.25, 0.3) is 0 Å². The molecule has 3 nitrogen and oxygen atoms in total. The van der Waals surface area contributed by atoms with Gasteiger partial charge < -0.3 is 10.4 Å². The summed E-state index contributed by atoms with van der Waals surface area (Å²) in [6.45, 7) is 0.148. The topological polar surface area (TPSA) is 49.3 Å². The Kier molecular flexibility index (Phi) is 5.24. The summed E-state index contributed by atoms with van der Waals surface area (Å²) in [5, 5.41) is 11.5. The van der Waals surface area contributed by atoms with Gasteiger partial charge in [0.2, 0.25) is 5.91 Å². The van der Waals surface area contributed by atoms with Crippen LogP contribution in [-0.4, -0.2) is 29.8 Å². The molecule has 0 aromatic carbocycles. The normalized spacial score (nSPS) is 25.6. The standard InChI is InChI=1S/C11H18F3NO2/c12-11(13,14)6-5-10(17)15-9-3-1-8(7-16)2-4-9/h8-9,16H,1-7H2,(H,15,17). The Morgan fingerprint density at radius 1 is 1.24 bits per heavy atom. The van der Waals surface area contributed by atoms with E-state index in [9.17, 15) is 18.0 Å². The molecule has 0 heterocycles. The van der Waals surface area contributed by atoms with Gasteiger partial charge in [0.25, 0.3) is 0 Å². The Hall–Kier alpha value is -0.780. The highest BCUT2D eigenvalue weighted by molar-refractivity contribution is 5.76. The monoisotopic (exact) mass is 253 g/mol. The summed E-state index contributed by atoms with van der Waals surface area (Å²) < 4.78 is 35.7. The third-order valence-corrected chi connectivity index (χ3v) is 3.11. The van der Waals surface area contributed by atoms with E-state index >= 15 is 0 Å². The number of alkyl halides is 3. The van der Waals surface area contributed by atoms with Crippen molar-refractivity contribution in [2.45, 2.75) is 50.7 Å². The first-order chi connectivity index (χ1) is 7.90. The molecule has 1 aliphatic carbocycles. The van der Waals surface area contributed by atoms with Crippen molar-refractivity contribution in [3.8, 4) is 0 Å². The van der Waals surface area contributed by atoms with Crippen molar-refractivity contribution in [1.29, 1.82) is 0 Å². The minimum Gasteiger partial charge on any atom is -0.396 e. The lowest BCUT2D eigenvalue weighted by Crippen LogP contribution is -2.38. The van der Waals surface area contributed by atoms with E-state index in [1.807, 2.05) is 0 Å². The minimum atomic E-state index is -4.27. The molecule has 6 heteroatoms. The lowest BCUT2D eigenvalue weighted by Gasteiger charge is -2.28. The highest BCUT2D eigenvalue weighted by atomic mass is 19.4. The van der Waals surface area contributed by atoms with E-state index in [0.717, 1.165) is 25.7 Å². The molecule has 1 aliphatic rings. The number of halogens is 3. The highest BCUT2D eigenvalue weighted by Crippen LogP contribution is 2.24.